The van der Waals surface area contributed by atoms with E-state index in [9.17, 15) is 4.79 Å². The Labute approximate surface area is 114 Å². The standard InChI is InChI=1S/C14H23N3O2/c1-4-7-17-8-6-15-12(13(17)18)16-11-5-9-19-14(2,3)10-11/h6,8,11H,4-5,7,9-10H2,1-3H3,(H,15,16). The molecule has 5 nitrogen and oxygen atoms in total. The molecule has 1 fully saturated rings. The third-order valence-corrected chi connectivity index (χ3v) is 3.42. The van der Waals surface area contributed by atoms with E-state index in [1.807, 2.05) is 0 Å². The second-order valence-corrected chi connectivity index (χ2v) is 5.72. The van der Waals surface area contributed by atoms with Crippen LogP contribution in [0.5, 0.6) is 0 Å². The average molecular weight is 265 g/mol. The molecule has 0 spiro atoms. The lowest BCUT2D eigenvalue weighted by atomic mass is 9.94. The number of nitrogens with one attached hydrogen (secondary N) is 1. The lowest BCUT2D eigenvalue weighted by molar-refractivity contribution is -0.0553. The first-order valence-electron chi connectivity index (χ1n) is 6.98. The van der Waals surface area contributed by atoms with Crippen LogP contribution in [-0.4, -0.2) is 27.8 Å². The van der Waals surface area contributed by atoms with Crippen LogP contribution in [0.2, 0.25) is 0 Å². The molecule has 2 rings (SSSR count). The molecule has 1 saturated heterocycles. The SMILES string of the molecule is CCCn1ccnc(NC2CCOC(C)(C)C2)c1=O. The highest BCUT2D eigenvalue weighted by Crippen LogP contribution is 2.25. The molecule has 2 heterocycles. The van der Waals surface area contributed by atoms with Gasteiger partial charge in [0.15, 0.2) is 5.82 Å². The summed E-state index contributed by atoms with van der Waals surface area (Å²) < 4.78 is 7.39. The Hall–Kier alpha value is -1.36. The van der Waals surface area contributed by atoms with E-state index in [0.717, 1.165) is 32.4 Å². The number of hydrogen-bond donors (Lipinski definition) is 1. The summed E-state index contributed by atoms with van der Waals surface area (Å²) in [5, 5.41) is 3.28. The van der Waals surface area contributed by atoms with Gasteiger partial charge >= 0.3 is 0 Å². The predicted molar refractivity (Wildman–Crippen MR) is 75.5 cm³/mol. The maximum absolute atomic E-state index is 12.2. The summed E-state index contributed by atoms with van der Waals surface area (Å²) in [4.78, 5) is 16.4. The fraction of sp³-hybridized carbons (Fsp3) is 0.714. The summed E-state index contributed by atoms with van der Waals surface area (Å²) >= 11 is 0. The maximum Gasteiger partial charge on any atom is 0.293 e. The fourth-order valence-electron chi connectivity index (χ4n) is 2.51. The van der Waals surface area contributed by atoms with Crippen molar-refractivity contribution < 1.29 is 4.74 Å². The van der Waals surface area contributed by atoms with Crippen molar-refractivity contribution in [2.24, 2.45) is 0 Å². The molecular weight excluding hydrogens is 242 g/mol. The summed E-state index contributed by atoms with van der Waals surface area (Å²) in [6.45, 7) is 7.67. The van der Waals surface area contributed by atoms with E-state index in [1.54, 1.807) is 17.0 Å². The quantitative estimate of drug-likeness (QED) is 0.905. The van der Waals surface area contributed by atoms with Gasteiger partial charge in [-0.05, 0) is 33.1 Å². The van der Waals surface area contributed by atoms with Gasteiger partial charge in [0, 0.05) is 31.6 Å². The van der Waals surface area contributed by atoms with Gasteiger partial charge in [0.1, 0.15) is 0 Å². The third-order valence-electron chi connectivity index (χ3n) is 3.42. The van der Waals surface area contributed by atoms with Gasteiger partial charge in [-0.1, -0.05) is 6.92 Å². The first kappa shape index (κ1) is 14.1. The minimum absolute atomic E-state index is 0.0337. The van der Waals surface area contributed by atoms with Gasteiger partial charge in [-0.25, -0.2) is 4.98 Å². The van der Waals surface area contributed by atoms with E-state index in [2.05, 4.69) is 31.1 Å². The van der Waals surface area contributed by atoms with Crippen molar-refractivity contribution in [3.63, 3.8) is 0 Å². The summed E-state index contributed by atoms with van der Waals surface area (Å²) in [5.74, 6) is 0.457. The third kappa shape index (κ3) is 3.56. The minimum atomic E-state index is -0.132. The highest BCUT2D eigenvalue weighted by atomic mass is 16.5. The Bertz CT molecular complexity index is 482. The molecule has 0 radical (unpaired) electrons. The normalized spacial score (nSPS) is 22.2. The molecule has 106 valence electrons. The summed E-state index contributed by atoms with van der Waals surface area (Å²) in [6, 6.07) is 0.251. The van der Waals surface area contributed by atoms with E-state index in [1.165, 1.54) is 0 Å². The van der Waals surface area contributed by atoms with Crippen LogP contribution in [0.25, 0.3) is 0 Å². The number of aryl methyl sites for hydroxylation is 1. The van der Waals surface area contributed by atoms with Gasteiger partial charge in [0.05, 0.1) is 5.60 Å². The Morgan fingerprint density at radius 1 is 1.58 bits per heavy atom. The molecule has 5 heteroatoms. The number of hydrogen-bond acceptors (Lipinski definition) is 4. The zero-order valence-electron chi connectivity index (χ0n) is 12.0. The van der Waals surface area contributed by atoms with Crippen molar-refractivity contribution in [1.29, 1.82) is 0 Å². The van der Waals surface area contributed by atoms with Gasteiger partial charge in [-0.2, -0.15) is 0 Å². The largest absolute Gasteiger partial charge is 0.375 e. The molecule has 0 bridgehead atoms. The van der Waals surface area contributed by atoms with E-state index in [-0.39, 0.29) is 17.2 Å². The summed E-state index contributed by atoms with van der Waals surface area (Å²) in [7, 11) is 0. The second-order valence-electron chi connectivity index (χ2n) is 5.72. The Kier molecular flexibility index (Phi) is 4.24. The van der Waals surface area contributed by atoms with Crippen LogP contribution in [0.1, 0.15) is 40.0 Å². The molecule has 0 aromatic carbocycles. The average Bonchev–Trinajstić information content (AvgIpc) is 2.33. The van der Waals surface area contributed by atoms with E-state index < -0.39 is 0 Å². The van der Waals surface area contributed by atoms with Gasteiger partial charge in [0.2, 0.25) is 0 Å². The van der Waals surface area contributed by atoms with Gasteiger partial charge in [-0.3, -0.25) is 4.79 Å². The monoisotopic (exact) mass is 265 g/mol. The van der Waals surface area contributed by atoms with Crippen LogP contribution in [0.15, 0.2) is 17.2 Å². The van der Waals surface area contributed by atoms with Crippen molar-refractivity contribution in [3.05, 3.63) is 22.7 Å². The first-order valence-corrected chi connectivity index (χ1v) is 6.98. The van der Waals surface area contributed by atoms with Crippen LogP contribution >= 0.6 is 0 Å². The highest BCUT2D eigenvalue weighted by Gasteiger charge is 2.29. The number of nitrogens with zero attached hydrogens (tertiary/aromatic N) is 2. The van der Waals surface area contributed by atoms with Crippen molar-refractivity contribution in [2.75, 3.05) is 11.9 Å². The number of rotatable bonds is 4. The second kappa shape index (κ2) is 5.74. The Balaban J connectivity index is 2.11. The van der Waals surface area contributed by atoms with Gasteiger partial charge < -0.3 is 14.6 Å². The van der Waals surface area contributed by atoms with Gasteiger partial charge in [0.25, 0.3) is 5.56 Å². The molecule has 0 aliphatic carbocycles. The first-order chi connectivity index (χ1) is 9.02. The van der Waals surface area contributed by atoms with Crippen LogP contribution < -0.4 is 10.9 Å². The zero-order chi connectivity index (χ0) is 13.9. The summed E-state index contributed by atoms with van der Waals surface area (Å²) in [6.07, 6.45) is 6.16. The maximum atomic E-state index is 12.2. The molecule has 19 heavy (non-hydrogen) atoms. The fourth-order valence-corrected chi connectivity index (χ4v) is 2.51. The Morgan fingerprint density at radius 3 is 3.05 bits per heavy atom. The van der Waals surface area contributed by atoms with Crippen LogP contribution in [0.4, 0.5) is 5.82 Å². The smallest absolute Gasteiger partial charge is 0.293 e. The summed E-state index contributed by atoms with van der Waals surface area (Å²) in [5.41, 5.74) is -0.165. The predicted octanol–water partition coefficient (Wildman–Crippen LogP) is 2.02. The van der Waals surface area contributed by atoms with E-state index in [4.69, 9.17) is 4.74 Å². The topological polar surface area (TPSA) is 56.1 Å². The molecule has 1 aliphatic rings. The lowest BCUT2D eigenvalue weighted by Gasteiger charge is -2.35. The van der Waals surface area contributed by atoms with Crippen molar-refractivity contribution in [3.8, 4) is 0 Å². The lowest BCUT2D eigenvalue weighted by Crippen LogP contribution is -2.41. The van der Waals surface area contributed by atoms with E-state index >= 15 is 0 Å². The molecule has 1 aliphatic heterocycles. The Morgan fingerprint density at radius 2 is 2.37 bits per heavy atom. The van der Waals surface area contributed by atoms with Crippen LogP contribution in [0.3, 0.4) is 0 Å². The van der Waals surface area contributed by atoms with Crippen molar-refractivity contribution >= 4 is 5.82 Å². The molecular formula is C14H23N3O2. The van der Waals surface area contributed by atoms with Crippen molar-refractivity contribution in [2.45, 2.75) is 58.2 Å². The number of aromatic nitrogens is 2. The highest BCUT2D eigenvalue weighted by molar-refractivity contribution is 5.32. The number of anilines is 1. The molecule has 0 saturated carbocycles. The molecule has 1 unspecified atom stereocenters. The van der Waals surface area contributed by atoms with Crippen molar-refractivity contribution in [1.82, 2.24) is 9.55 Å². The molecule has 1 atom stereocenters. The molecule has 1 N–H and O–H groups in total. The molecule has 1 aromatic heterocycles. The minimum Gasteiger partial charge on any atom is -0.375 e. The van der Waals surface area contributed by atoms with Gasteiger partial charge in [-0.15, -0.1) is 0 Å². The van der Waals surface area contributed by atoms with E-state index in [0.29, 0.717) is 5.82 Å². The zero-order valence-corrected chi connectivity index (χ0v) is 12.0. The molecule has 0 amide bonds. The van der Waals surface area contributed by atoms with Crippen LogP contribution in [0, 0.1) is 0 Å². The van der Waals surface area contributed by atoms with Crippen LogP contribution in [-0.2, 0) is 11.3 Å². The molecule has 1 aromatic rings. The number of ether oxygens (including phenoxy) is 1.